The molecule has 0 aliphatic carbocycles. The second-order valence-electron chi connectivity index (χ2n) is 4.78. The van der Waals surface area contributed by atoms with Crippen molar-refractivity contribution in [2.45, 2.75) is 6.54 Å². The molecule has 116 valence electrons. The lowest BCUT2D eigenvalue weighted by Crippen LogP contribution is -2.14. The maximum absolute atomic E-state index is 13.2. The van der Waals surface area contributed by atoms with Gasteiger partial charge in [-0.15, -0.1) is 0 Å². The quantitative estimate of drug-likeness (QED) is 0.720. The summed E-state index contributed by atoms with van der Waals surface area (Å²) in [5, 5.41) is 2.98. The van der Waals surface area contributed by atoms with Crippen molar-refractivity contribution in [3.8, 4) is 11.4 Å². The van der Waals surface area contributed by atoms with Crippen LogP contribution in [0.5, 0.6) is 0 Å². The Morgan fingerprint density at radius 1 is 1.22 bits per heavy atom. The summed E-state index contributed by atoms with van der Waals surface area (Å²) in [5.41, 5.74) is 0.931. The maximum Gasteiger partial charge on any atom is 0.272 e. The molecule has 23 heavy (non-hydrogen) atoms. The van der Waals surface area contributed by atoms with Crippen LogP contribution in [0.2, 0.25) is 5.02 Å². The Kier molecular flexibility index (Phi) is 4.34. The van der Waals surface area contributed by atoms with E-state index in [9.17, 15) is 9.18 Å². The third-order valence-electron chi connectivity index (χ3n) is 3.17. The zero-order valence-electron chi connectivity index (χ0n) is 11.9. The van der Waals surface area contributed by atoms with Gasteiger partial charge in [-0.3, -0.25) is 4.79 Å². The van der Waals surface area contributed by atoms with Crippen LogP contribution in [0.15, 0.2) is 53.5 Å². The fraction of sp³-hybridized carbons (Fsp3) is 0.0625. The molecule has 0 aliphatic rings. The van der Waals surface area contributed by atoms with Crippen LogP contribution in [0.1, 0.15) is 5.56 Å². The van der Waals surface area contributed by atoms with Crippen molar-refractivity contribution in [1.82, 2.24) is 15.0 Å². The molecule has 0 saturated heterocycles. The van der Waals surface area contributed by atoms with E-state index in [1.807, 2.05) is 30.3 Å². The third-order valence-corrected chi connectivity index (χ3v) is 3.52. The number of aromatic amines is 1. The highest BCUT2D eigenvalue weighted by Crippen LogP contribution is 2.20. The molecule has 0 spiro atoms. The number of H-pyrrole nitrogens is 1. The van der Waals surface area contributed by atoms with Gasteiger partial charge >= 0.3 is 0 Å². The highest BCUT2D eigenvalue weighted by Gasteiger charge is 2.11. The summed E-state index contributed by atoms with van der Waals surface area (Å²) in [6, 6.07) is 12.4. The number of hydrogen-bond acceptors (Lipinski definition) is 4. The standard InChI is InChI=1S/C16H12ClFN4O/c17-13-15(20-9-10-4-2-1-3-5-10)21-14(22-16(13)23)11-6-7-19-12(18)8-11/h1-8H,9H2,(H2,20,21,22,23). The predicted octanol–water partition coefficient (Wildman–Crippen LogP) is 3.24. The van der Waals surface area contributed by atoms with Gasteiger partial charge in [0.05, 0.1) is 0 Å². The molecule has 7 heteroatoms. The fourth-order valence-corrected chi connectivity index (χ4v) is 2.20. The predicted molar refractivity (Wildman–Crippen MR) is 86.8 cm³/mol. The minimum atomic E-state index is -0.654. The Morgan fingerprint density at radius 2 is 2.00 bits per heavy atom. The van der Waals surface area contributed by atoms with E-state index in [0.29, 0.717) is 12.1 Å². The zero-order valence-corrected chi connectivity index (χ0v) is 12.6. The summed E-state index contributed by atoms with van der Waals surface area (Å²) in [5.74, 6) is -0.193. The van der Waals surface area contributed by atoms with E-state index in [1.54, 1.807) is 6.07 Å². The van der Waals surface area contributed by atoms with Crippen LogP contribution in [0.3, 0.4) is 0 Å². The molecule has 0 amide bonds. The first-order valence-electron chi connectivity index (χ1n) is 6.83. The summed E-state index contributed by atoms with van der Waals surface area (Å²) in [4.78, 5) is 22.2. The summed E-state index contributed by atoms with van der Waals surface area (Å²) in [7, 11) is 0. The highest BCUT2D eigenvalue weighted by atomic mass is 35.5. The molecule has 0 atom stereocenters. The van der Waals surface area contributed by atoms with E-state index >= 15 is 0 Å². The number of nitrogens with one attached hydrogen (secondary N) is 2. The van der Waals surface area contributed by atoms with Crippen molar-refractivity contribution in [1.29, 1.82) is 0 Å². The lowest BCUT2D eigenvalue weighted by atomic mass is 10.2. The molecule has 2 aromatic heterocycles. The number of anilines is 1. The topological polar surface area (TPSA) is 70.7 Å². The van der Waals surface area contributed by atoms with E-state index in [-0.39, 0.29) is 16.7 Å². The van der Waals surface area contributed by atoms with Crippen LogP contribution in [0.25, 0.3) is 11.4 Å². The highest BCUT2D eigenvalue weighted by molar-refractivity contribution is 6.32. The van der Waals surface area contributed by atoms with Crippen molar-refractivity contribution < 1.29 is 4.39 Å². The van der Waals surface area contributed by atoms with Crippen LogP contribution < -0.4 is 10.9 Å². The summed E-state index contributed by atoms with van der Waals surface area (Å²) < 4.78 is 13.2. The Bertz CT molecular complexity index is 883. The molecule has 5 nitrogen and oxygen atoms in total. The summed E-state index contributed by atoms with van der Waals surface area (Å²) in [6.45, 7) is 0.459. The molecular formula is C16H12ClFN4O. The van der Waals surface area contributed by atoms with Crippen LogP contribution in [-0.4, -0.2) is 15.0 Å². The summed E-state index contributed by atoms with van der Waals surface area (Å²) in [6.07, 6.45) is 1.30. The second-order valence-corrected chi connectivity index (χ2v) is 5.16. The first kappa shape index (κ1) is 15.2. The molecule has 0 saturated carbocycles. The van der Waals surface area contributed by atoms with Crippen LogP contribution in [0, 0.1) is 5.95 Å². The van der Waals surface area contributed by atoms with Crippen molar-refractivity contribution >= 4 is 17.4 Å². The fourth-order valence-electron chi connectivity index (χ4n) is 2.04. The van der Waals surface area contributed by atoms with Crippen molar-refractivity contribution in [3.05, 3.63) is 75.5 Å². The molecule has 0 fully saturated rings. The average molecular weight is 331 g/mol. The largest absolute Gasteiger partial charge is 0.365 e. The minimum absolute atomic E-state index is 0.0424. The van der Waals surface area contributed by atoms with Gasteiger partial charge in [-0.25, -0.2) is 9.97 Å². The Morgan fingerprint density at radius 3 is 2.74 bits per heavy atom. The van der Waals surface area contributed by atoms with Gasteiger partial charge in [-0.05, 0) is 11.6 Å². The molecule has 0 radical (unpaired) electrons. The molecule has 0 unspecified atom stereocenters. The molecule has 0 aliphatic heterocycles. The van der Waals surface area contributed by atoms with E-state index in [1.165, 1.54) is 12.3 Å². The first-order valence-corrected chi connectivity index (χ1v) is 7.21. The van der Waals surface area contributed by atoms with Crippen LogP contribution in [0.4, 0.5) is 10.2 Å². The molecule has 1 aromatic carbocycles. The van der Waals surface area contributed by atoms with Gasteiger partial charge < -0.3 is 10.3 Å². The zero-order chi connectivity index (χ0) is 16.2. The summed E-state index contributed by atoms with van der Waals surface area (Å²) >= 11 is 5.99. The molecule has 0 bridgehead atoms. The van der Waals surface area contributed by atoms with Gasteiger partial charge in [0, 0.05) is 24.4 Å². The lowest BCUT2D eigenvalue weighted by molar-refractivity contribution is 0.584. The number of pyridine rings is 1. The smallest absolute Gasteiger partial charge is 0.272 e. The van der Waals surface area contributed by atoms with Gasteiger partial charge in [0.1, 0.15) is 10.8 Å². The monoisotopic (exact) mass is 330 g/mol. The van der Waals surface area contributed by atoms with E-state index < -0.39 is 11.5 Å². The molecule has 2 N–H and O–H groups in total. The molecule has 3 aromatic rings. The maximum atomic E-state index is 13.2. The van der Waals surface area contributed by atoms with Crippen LogP contribution in [-0.2, 0) is 6.54 Å². The molecular weight excluding hydrogens is 319 g/mol. The van der Waals surface area contributed by atoms with Crippen molar-refractivity contribution in [3.63, 3.8) is 0 Å². The Hall–Kier alpha value is -2.73. The number of hydrogen-bond donors (Lipinski definition) is 2. The van der Waals surface area contributed by atoms with E-state index in [4.69, 9.17) is 11.6 Å². The van der Waals surface area contributed by atoms with Gasteiger partial charge in [-0.1, -0.05) is 41.9 Å². The van der Waals surface area contributed by atoms with Gasteiger partial charge in [0.2, 0.25) is 5.95 Å². The number of aromatic nitrogens is 3. The first-order chi connectivity index (χ1) is 11.1. The van der Waals surface area contributed by atoms with Gasteiger partial charge in [0.25, 0.3) is 5.56 Å². The van der Waals surface area contributed by atoms with Gasteiger partial charge in [0.15, 0.2) is 5.82 Å². The normalized spacial score (nSPS) is 10.5. The molecule has 3 rings (SSSR count). The van der Waals surface area contributed by atoms with E-state index in [0.717, 1.165) is 5.56 Å². The SMILES string of the molecule is O=c1[nH]c(-c2ccnc(F)c2)nc(NCc2ccccc2)c1Cl. The lowest BCUT2D eigenvalue weighted by Gasteiger charge is -2.09. The van der Waals surface area contributed by atoms with Gasteiger partial charge in [-0.2, -0.15) is 4.39 Å². The Labute approximate surface area is 136 Å². The van der Waals surface area contributed by atoms with Crippen molar-refractivity contribution in [2.24, 2.45) is 0 Å². The number of halogens is 2. The molecule has 2 heterocycles. The van der Waals surface area contributed by atoms with Crippen LogP contribution >= 0.6 is 11.6 Å². The third kappa shape index (κ3) is 3.54. The number of nitrogens with zero attached hydrogens (tertiary/aromatic N) is 2. The minimum Gasteiger partial charge on any atom is -0.365 e. The number of benzene rings is 1. The Balaban J connectivity index is 1.92. The second kappa shape index (κ2) is 6.58. The van der Waals surface area contributed by atoms with Crippen molar-refractivity contribution in [2.75, 3.05) is 5.32 Å². The van der Waals surface area contributed by atoms with E-state index in [2.05, 4.69) is 20.3 Å². The number of rotatable bonds is 4. The average Bonchev–Trinajstić information content (AvgIpc) is 2.57.